The Labute approximate surface area is 183 Å². The van der Waals surface area contributed by atoms with Gasteiger partial charge in [-0.2, -0.15) is 5.10 Å². The van der Waals surface area contributed by atoms with Gasteiger partial charge in [0, 0.05) is 15.7 Å². The van der Waals surface area contributed by atoms with Gasteiger partial charge in [0.15, 0.2) is 0 Å². The van der Waals surface area contributed by atoms with E-state index < -0.39 is 5.97 Å². The van der Waals surface area contributed by atoms with Crippen LogP contribution in [0.5, 0.6) is 5.75 Å². The average Bonchev–Trinajstić information content (AvgIpc) is 2.75. The van der Waals surface area contributed by atoms with Gasteiger partial charge in [-0.25, -0.2) is 10.2 Å². The topological polar surface area (TPSA) is 79.8 Å². The number of hydrazone groups is 1. The summed E-state index contributed by atoms with van der Waals surface area (Å²) < 4.78 is 6.27. The van der Waals surface area contributed by atoms with E-state index in [-0.39, 0.29) is 12.5 Å². The van der Waals surface area contributed by atoms with Crippen LogP contribution in [-0.2, 0) is 4.79 Å². The molecule has 0 aliphatic rings. The van der Waals surface area contributed by atoms with E-state index in [2.05, 4.69) is 31.8 Å². The number of ether oxygens (including phenoxy) is 1. The molecule has 2 N–H and O–H groups in total. The summed E-state index contributed by atoms with van der Waals surface area (Å²) in [5.41, 5.74) is 5.41. The lowest BCUT2D eigenvalue weighted by molar-refractivity contribution is -0.119. The summed E-state index contributed by atoms with van der Waals surface area (Å²) in [6.07, 6.45) is 1.43. The summed E-state index contributed by atoms with van der Waals surface area (Å²) in [4.78, 5) is 24.3. The van der Waals surface area contributed by atoms with Gasteiger partial charge in [0.2, 0.25) is 0 Å². The molecule has 0 bridgehead atoms. The zero-order valence-electron chi connectivity index (χ0n) is 16.3. The van der Waals surface area contributed by atoms with Gasteiger partial charge in [-0.05, 0) is 55.0 Å². The predicted molar refractivity (Wildman–Crippen MR) is 121 cm³/mol. The van der Waals surface area contributed by atoms with Gasteiger partial charge in [0.1, 0.15) is 5.75 Å². The van der Waals surface area contributed by atoms with E-state index in [1.54, 1.807) is 42.5 Å². The number of hydrogen-bond donors (Lipinski definition) is 2. The van der Waals surface area contributed by atoms with Crippen LogP contribution in [0.3, 0.4) is 0 Å². The van der Waals surface area contributed by atoms with E-state index in [9.17, 15) is 9.59 Å². The molecule has 0 saturated heterocycles. The number of anilines is 1. The van der Waals surface area contributed by atoms with Crippen LogP contribution < -0.4 is 15.5 Å². The number of nitrogens with one attached hydrogen (secondary N) is 2. The number of halogens is 1. The second kappa shape index (κ2) is 10.4. The molecule has 0 aromatic heterocycles. The third-order valence-corrected chi connectivity index (χ3v) is 4.54. The molecule has 3 aromatic rings. The molecular formula is C23H20BrN3O3. The highest BCUT2D eigenvalue weighted by Crippen LogP contribution is 2.23. The van der Waals surface area contributed by atoms with E-state index in [0.717, 1.165) is 15.7 Å². The minimum Gasteiger partial charge on any atom is -0.422 e. The Kier molecular flexibility index (Phi) is 7.34. The maximum absolute atomic E-state index is 12.3. The smallest absolute Gasteiger partial charge is 0.343 e. The number of esters is 1. The van der Waals surface area contributed by atoms with E-state index >= 15 is 0 Å². The summed E-state index contributed by atoms with van der Waals surface area (Å²) in [7, 11) is 0. The third-order valence-electron chi connectivity index (χ3n) is 4.05. The Morgan fingerprint density at radius 1 is 1.03 bits per heavy atom. The molecule has 0 aliphatic heterocycles. The molecule has 7 heteroatoms. The van der Waals surface area contributed by atoms with Crippen LogP contribution in [0.25, 0.3) is 0 Å². The molecule has 0 fully saturated rings. The number of benzene rings is 3. The molecule has 0 unspecified atom stereocenters. The summed E-state index contributed by atoms with van der Waals surface area (Å²) in [5.74, 6) is -0.438. The second-order valence-corrected chi connectivity index (χ2v) is 7.37. The molecule has 0 radical (unpaired) electrons. The number of aryl methyl sites for hydroxylation is 1. The first-order valence-electron chi connectivity index (χ1n) is 9.20. The zero-order chi connectivity index (χ0) is 21.3. The highest BCUT2D eigenvalue weighted by molar-refractivity contribution is 9.10. The molecule has 0 heterocycles. The lowest BCUT2D eigenvalue weighted by Crippen LogP contribution is -2.25. The summed E-state index contributed by atoms with van der Waals surface area (Å²) >= 11 is 3.39. The first kappa shape index (κ1) is 21.3. The predicted octanol–water partition coefficient (Wildman–Crippen LogP) is 4.54. The quantitative estimate of drug-likeness (QED) is 0.232. The largest absolute Gasteiger partial charge is 0.422 e. The second-order valence-electron chi connectivity index (χ2n) is 6.45. The van der Waals surface area contributed by atoms with Crippen LogP contribution in [0.2, 0.25) is 0 Å². The number of hydrogen-bond acceptors (Lipinski definition) is 5. The normalized spacial score (nSPS) is 10.6. The van der Waals surface area contributed by atoms with Gasteiger partial charge >= 0.3 is 5.97 Å². The van der Waals surface area contributed by atoms with Crippen molar-refractivity contribution in [2.75, 3.05) is 11.9 Å². The van der Waals surface area contributed by atoms with Crippen molar-refractivity contribution in [2.24, 2.45) is 5.10 Å². The summed E-state index contributed by atoms with van der Waals surface area (Å²) in [6.45, 7) is 2.06. The Balaban J connectivity index is 1.61. The zero-order valence-corrected chi connectivity index (χ0v) is 17.8. The summed E-state index contributed by atoms with van der Waals surface area (Å²) in [5, 5.41) is 7.01. The van der Waals surface area contributed by atoms with Gasteiger partial charge < -0.3 is 10.1 Å². The van der Waals surface area contributed by atoms with Crippen molar-refractivity contribution >= 4 is 39.7 Å². The van der Waals surface area contributed by atoms with Crippen molar-refractivity contribution < 1.29 is 14.3 Å². The lowest BCUT2D eigenvalue weighted by Gasteiger charge is -2.08. The highest BCUT2D eigenvalue weighted by atomic mass is 79.9. The van der Waals surface area contributed by atoms with E-state index in [1.807, 2.05) is 37.3 Å². The third kappa shape index (κ3) is 6.28. The molecule has 6 nitrogen and oxygen atoms in total. The minimum absolute atomic E-state index is 0.0785. The number of rotatable bonds is 7. The van der Waals surface area contributed by atoms with Crippen LogP contribution in [-0.4, -0.2) is 24.6 Å². The number of nitrogens with zero attached hydrogens (tertiary/aromatic N) is 1. The fraction of sp³-hybridized carbons (Fsp3) is 0.0870. The van der Waals surface area contributed by atoms with Crippen molar-refractivity contribution in [1.82, 2.24) is 5.43 Å². The Morgan fingerprint density at radius 2 is 1.83 bits per heavy atom. The molecule has 30 heavy (non-hydrogen) atoms. The van der Waals surface area contributed by atoms with Gasteiger partial charge in [-0.1, -0.05) is 46.3 Å². The van der Waals surface area contributed by atoms with Crippen LogP contribution in [0, 0.1) is 6.92 Å². The van der Waals surface area contributed by atoms with Crippen LogP contribution >= 0.6 is 15.9 Å². The fourth-order valence-corrected chi connectivity index (χ4v) is 2.98. The van der Waals surface area contributed by atoms with Gasteiger partial charge in [0.05, 0.1) is 18.3 Å². The Hall–Kier alpha value is -3.45. The standard InChI is InChI=1S/C23H20BrN3O3/c1-16-6-5-9-20(12-16)25-15-22(28)27-26-14-18-13-19(24)10-11-21(18)30-23(29)17-7-3-2-4-8-17/h2-14,25H,15H2,1H3,(H,27,28). The van der Waals surface area contributed by atoms with E-state index in [1.165, 1.54) is 6.21 Å². The molecule has 1 amide bonds. The van der Waals surface area contributed by atoms with Gasteiger partial charge in [0.25, 0.3) is 5.91 Å². The van der Waals surface area contributed by atoms with Gasteiger partial charge in [-0.15, -0.1) is 0 Å². The van der Waals surface area contributed by atoms with Crippen molar-refractivity contribution in [3.05, 3.63) is 94.0 Å². The van der Waals surface area contributed by atoms with Crippen molar-refractivity contribution in [1.29, 1.82) is 0 Å². The summed E-state index contributed by atoms with van der Waals surface area (Å²) in [6, 6.07) is 21.6. The molecule has 3 rings (SSSR count). The van der Waals surface area contributed by atoms with Crippen LogP contribution in [0.4, 0.5) is 5.69 Å². The number of amides is 1. The molecule has 0 atom stereocenters. The number of carbonyl (C=O) groups is 2. The maximum atomic E-state index is 12.3. The first-order chi connectivity index (χ1) is 14.5. The molecule has 0 aliphatic carbocycles. The molecule has 152 valence electrons. The molecule has 0 saturated carbocycles. The van der Waals surface area contributed by atoms with Crippen LogP contribution in [0.15, 0.2) is 82.4 Å². The maximum Gasteiger partial charge on any atom is 0.343 e. The Morgan fingerprint density at radius 3 is 2.60 bits per heavy atom. The van der Waals surface area contributed by atoms with Crippen molar-refractivity contribution in [3.63, 3.8) is 0 Å². The van der Waals surface area contributed by atoms with Crippen molar-refractivity contribution in [2.45, 2.75) is 6.92 Å². The fourth-order valence-electron chi connectivity index (χ4n) is 2.60. The van der Waals surface area contributed by atoms with Crippen LogP contribution in [0.1, 0.15) is 21.5 Å². The SMILES string of the molecule is Cc1cccc(NCC(=O)NN=Cc2cc(Br)ccc2OC(=O)c2ccccc2)c1. The van der Waals surface area contributed by atoms with Crippen molar-refractivity contribution in [3.8, 4) is 5.75 Å². The highest BCUT2D eigenvalue weighted by Gasteiger charge is 2.11. The minimum atomic E-state index is -0.473. The first-order valence-corrected chi connectivity index (χ1v) is 10.00. The number of carbonyl (C=O) groups excluding carboxylic acids is 2. The average molecular weight is 466 g/mol. The monoisotopic (exact) mass is 465 g/mol. The molecule has 0 spiro atoms. The lowest BCUT2D eigenvalue weighted by atomic mass is 10.2. The van der Waals surface area contributed by atoms with E-state index in [0.29, 0.717) is 16.9 Å². The van der Waals surface area contributed by atoms with Gasteiger partial charge in [-0.3, -0.25) is 4.79 Å². The Bertz CT molecular complexity index is 1070. The van der Waals surface area contributed by atoms with E-state index in [4.69, 9.17) is 4.74 Å². The molecular weight excluding hydrogens is 446 g/mol. The molecule has 3 aromatic carbocycles.